The molecule has 2 aromatic rings. The van der Waals surface area contributed by atoms with Crippen LogP contribution in [0.3, 0.4) is 0 Å². The maximum Gasteiger partial charge on any atom is 0.363 e. The van der Waals surface area contributed by atoms with Crippen molar-refractivity contribution in [3.8, 4) is 5.75 Å². The van der Waals surface area contributed by atoms with Gasteiger partial charge in [0.2, 0.25) is 5.90 Å². The Morgan fingerprint density at radius 1 is 1.20 bits per heavy atom. The third-order valence-corrected chi connectivity index (χ3v) is 3.77. The molecule has 7 nitrogen and oxygen atoms in total. The van der Waals surface area contributed by atoms with Crippen LogP contribution in [-0.2, 0) is 9.53 Å². The number of hydrogen-bond donors (Lipinski definition) is 0. The molecule has 0 spiro atoms. The summed E-state index contributed by atoms with van der Waals surface area (Å²) in [4.78, 5) is 26.8. The van der Waals surface area contributed by atoms with Crippen LogP contribution in [-0.4, -0.2) is 23.9 Å². The first-order valence-corrected chi connectivity index (χ1v) is 7.40. The minimum absolute atomic E-state index is 0.0520. The number of nitro groups is 1. The third kappa shape index (κ3) is 3.25. The molecule has 0 aliphatic carbocycles. The van der Waals surface area contributed by atoms with Crippen LogP contribution in [0.25, 0.3) is 6.08 Å². The Balaban J connectivity index is 1.96. The van der Waals surface area contributed by atoms with Gasteiger partial charge in [-0.05, 0) is 36.8 Å². The van der Waals surface area contributed by atoms with Gasteiger partial charge in [-0.2, -0.15) is 0 Å². The number of cyclic esters (lactones) is 1. The second-order valence-corrected chi connectivity index (χ2v) is 5.32. The van der Waals surface area contributed by atoms with Crippen molar-refractivity contribution in [3.05, 3.63) is 75.0 Å². The fraction of sp³-hybridized carbons (Fsp3) is 0.111. The lowest BCUT2D eigenvalue weighted by atomic mass is 10.1. The number of methoxy groups -OCH3 is 1. The number of nitrogens with zero attached hydrogens (tertiary/aromatic N) is 2. The maximum atomic E-state index is 12.1. The first-order valence-electron chi connectivity index (χ1n) is 7.40. The molecule has 3 rings (SSSR count). The van der Waals surface area contributed by atoms with Gasteiger partial charge in [-0.15, -0.1) is 0 Å². The van der Waals surface area contributed by atoms with Gasteiger partial charge in [0.1, 0.15) is 5.75 Å². The fourth-order valence-corrected chi connectivity index (χ4v) is 2.44. The van der Waals surface area contributed by atoms with Crippen LogP contribution >= 0.6 is 0 Å². The maximum absolute atomic E-state index is 12.1. The summed E-state index contributed by atoms with van der Waals surface area (Å²) in [6.07, 6.45) is 1.58. The molecule has 0 fully saturated rings. The van der Waals surface area contributed by atoms with Crippen molar-refractivity contribution < 1.29 is 19.2 Å². The zero-order valence-electron chi connectivity index (χ0n) is 13.6. The summed E-state index contributed by atoms with van der Waals surface area (Å²) in [6, 6.07) is 11.7. The number of nitro benzene ring substituents is 1. The molecule has 25 heavy (non-hydrogen) atoms. The molecule has 1 aliphatic rings. The average Bonchev–Trinajstić information content (AvgIpc) is 2.96. The molecule has 126 valence electrons. The van der Waals surface area contributed by atoms with Gasteiger partial charge in [0.25, 0.3) is 5.69 Å². The molecule has 0 aromatic heterocycles. The standard InChI is InChI=1S/C18H14N2O5/c1-11-14(4-3-5-16(11)20(22)23)17-19-15(18(21)25-17)10-12-6-8-13(24-2)9-7-12/h3-10H,1-2H3/b15-10+. The van der Waals surface area contributed by atoms with Gasteiger partial charge in [0.15, 0.2) is 5.70 Å². The second-order valence-electron chi connectivity index (χ2n) is 5.32. The number of esters is 1. The SMILES string of the molecule is COc1ccc(/C=C2/N=C(c3cccc([N+](=O)[O-])c3C)OC2=O)cc1. The van der Waals surface area contributed by atoms with Crippen LogP contribution in [0.1, 0.15) is 16.7 Å². The molecule has 2 aromatic carbocycles. The Morgan fingerprint density at radius 2 is 1.92 bits per heavy atom. The van der Waals surface area contributed by atoms with Crippen LogP contribution in [0.5, 0.6) is 5.75 Å². The summed E-state index contributed by atoms with van der Waals surface area (Å²) < 4.78 is 10.3. The van der Waals surface area contributed by atoms with Gasteiger partial charge in [-0.1, -0.05) is 18.2 Å². The van der Waals surface area contributed by atoms with Gasteiger partial charge < -0.3 is 9.47 Å². The van der Waals surface area contributed by atoms with Crippen molar-refractivity contribution in [1.29, 1.82) is 0 Å². The number of benzene rings is 2. The largest absolute Gasteiger partial charge is 0.497 e. The summed E-state index contributed by atoms with van der Waals surface area (Å²) in [6.45, 7) is 1.59. The summed E-state index contributed by atoms with van der Waals surface area (Å²) in [7, 11) is 1.57. The average molecular weight is 338 g/mol. The summed E-state index contributed by atoms with van der Waals surface area (Å²) in [5.74, 6) is 0.162. The molecule has 1 aliphatic heterocycles. The van der Waals surface area contributed by atoms with Crippen LogP contribution in [0.2, 0.25) is 0 Å². The number of ether oxygens (including phenoxy) is 2. The lowest BCUT2D eigenvalue weighted by Gasteiger charge is -2.04. The van der Waals surface area contributed by atoms with Crippen molar-refractivity contribution >= 4 is 23.6 Å². The highest BCUT2D eigenvalue weighted by atomic mass is 16.6. The van der Waals surface area contributed by atoms with Crippen molar-refractivity contribution in [2.75, 3.05) is 7.11 Å². The molecule has 0 bridgehead atoms. The van der Waals surface area contributed by atoms with Gasteiger partial charge >= 0.3 is 5.97 Å². The van der Waals surface area contributed by atoms with E-state index in [1.807, 2.05) is 0 Å². The molecule has 0 radical (unpaired) electrons. The molecule has 0 saturated carbocycles. The zero-order chi connectivity index (χ0) is 18.0. The van der Waals surface area contributed by atoms with Gasteiger partial charge in [0.05, 0.1) is 12.0 Å². The van der Waals surface area contributed by atoms with E-state index in [2.05, 4.69) is 4.99 Å². The molecule has 7 heteroatoms. The van der Waals surface area contributed by atoms with Crippen molar-refractivity contribution in [3.63, 3.8) is 0 Å². The summed E-state index contributed by atoms with van der Waals surface area (Å²) >= 11 is 0. The predicted molar refractivity (Wildman–Crippen MR) is 91.4 cm³/mol. The summed E-state index contributed by atoms with van der Waals surface area (Å²) in [5, 5.41) is 11.0. The van der Waals surface area contributed by atoms with Crippen molar-refractivity contribution in [2.24, 2.45) is 4.99 Å². The molecular weight excluding hydrogens is 324 g/mol. The van der Waals surface area contributed by atoms with E-state index in [0.717, 1.165) is 5.56 Å². The number of hydrogen-bond acceptors (Lipinski definition) is 6. The number of rotatable bonds is 4. The number of carbonyl (C=O) groups excluding carboxylic acids is 1. The first-order chi connectivity index (χ1) is 12.0. The highest BCUT2D eigenvalue weighted by Gasteiger charge is 2.27. The van der Waals surface area contributed by atoms with E-state index in [9.17, 15) is 14.9 Å². The zero-order valence-corrected chi connectivity index (χ0v) is 13.6. The summed E-state index contributed by atoms with van der Waals surface area (Å²) in [5.41, 5.74) is 1.65. The van der Waals surface area contributed by atoms with E-state index in [-0.39, 0.29) is 17.3 Å². The fourth-order valence-electron chi connectivity index (χ4n) is 2.44. The van der Waals surface area contributed by atoms with Crippen LogP contribution in [0.4, 0.5) is 5.69 Å². The molecule has 0 atom stereocenters. The predicted octanol–water partition coefficient (Wildman–Crippen LogP) is 3.26. The van der Waals surface area contributed by atoms with E-state index in [1.54, 1.807) is 50.4 Å². The number of aliphatic imine (C=N–C) groups is 1. The topological polar surface area (TPSA) is 91.0 Å². The third-order valence-electron chi connectivity index (χ3n) is 3.77. The molecule has 0 unspecified atom stereocenters. The van der Waals surface area contributed by atoms with Gasteiger partial charge in [-0.25, -0.2) is 9.79 Å². The second kappa shape index (κ2) is 6.56. The van der Waals surface area contributed by atoms with Crippen molar-refractivity contribution in [2.45, 2.75) is 6.92 Å². The van der Waals surface area contributed by atoms with Crippen LogP contribution in [0, 0.1) is 17.0 Å². The Morgan fingerprint density at radius 3 is 2.56 bits per heavy atom. The lowest BCUT2D eigenvalue weighted by molar-refractivity contribution is -0.385. The minimum atomic E-state index is -0.600. The normalized spacial score (nSPS) is 15.0. The molecule has 1 heterocycles. The highest BCUT2D eigenvalue weighted by Crippen LogP contribution is 2.26. The number of carbonyl (C=O) groups is 1. The van der Waals surface area contributed by atoms with Crippen LogP contribution < -0.4 is 4.74 Å². The Bertz CT molecular complexity index is 914. The lowest BCUT2D eigenvalue weighted by Crippen LogP contribution is -2.08. The Kier molecular flexibility index (Phi) is 4.30. The van der Waals surface area contributed by atoms with E-state index >= 15 is 0 Å². The molecule has 0 saturated heterocycles. The molecule has 0 amide bonds. The smallest absolute Gasteiger partial charge is 0.363 e. The molecular formula is C18H14N2O5. The van der Waals surface area contributed by atoms with Gasteiger partial charge in [0, 0.05) is 17.2 Å². The first kappa shape index (κ1) is 16.4. The van der Waals surface area contributed by atoms with E-state index < -0.39 is 10.9 Å². The Labute approximate surface area is 143 Å². The monoisotopic (exact) mass is 338 g/mol. The highest BCUT2D eigenvalue weighted by molar-refractivity contribution is 6.13. The Hall–Kier alpha value is -3.48. The van der Waals surface area contributed by atoms with E-state index in [0.29, 0.717) is 16.9 Å². The van der Waals surface area contributed by atoms with E-state index in [1.165, 1.54) is 12.1 Å². The quantitative estimate of drug-likeness (QED) is 0.369. The van der Waals surface area contributed by atoms with Crippen LogP contribution in [0.15, 0.2) is 53.2 Å². The van der Waals surface area contributed by atoms with E-state index in [4.69, 9.17) is 9.47 Å². The van der Waals surface area contributed by atoms with Gasteiger partial charge in [-0.3, -0.25) is 10.1 Å². The minimum Gasteiger partial charge on any atom is -0.497 e. The molecule has 0 N–H and O–H groups in total. The van der Waals surface area contributed by atoms with Crippen molar-refractivity contribution in [1.82, 2.24) is 0 Å².